The van der Waals surface area contributed by atoms with E-state index in [1.165, 1.54) is 38.5 Å². The van der Waals surface area contributed by atoms with Gasteiger partial charge in [0.25, 0.3) is 14.3 Å². The number of carbonyl (C=O) groups is 1. The summed E-state index contributed by atoms with van der Waals surface area (Å²) in [5.74, 6) is -0.0810. The summed E-state index contributed by atoms with van der Waals surface area (Å²) in [6.07, 6.45) is 8.91. The summed E-state index contributed by atoms with van der Waals surface area (Å²) in [5, 5.41) is -0.671. The Morgan fingerprint density at radius 3 is 1.78 bits per heavy atom. The summed E-state index contributed by atoms with van der Waals surface area (Å²) in [6, 6.07) is 2.18. The van der Waals surface area contributed by atoms with Crippen molar-refractivity contribution in [2.24, 2.45) is 0 Å². The van der Waals surface area contributed by atoms with Crippen molar-refractivity contribution in [3.05, 3.63) is 0 Å². The van der Waals surface area contributed by atoms with Gasteiger partial charge in [-0.3, -0.25) is 4.79 Å². The van der Waals surface area contributed by atoms with Crippen LogP contribution in [0.3, 0.4) is 0 Å². The molecular formula is C21H45O4Si2. The molecule has 0 aliphatic rings. The lowest BCUT2D eigenvalue weighted by molar-refractivity contribution is -0.139. The van der Waals surface area contributed by atoms with Crippen molar-refractivity contribution in [2.75, 3.05) is 14.2 Å². The molecule has 0 saturated carbocycles. The average molecular weight is 418 g/mol. The van der Waals surface area contributed by atoms with Gasteiger partial charge in [0, 0.05) is 14.2 Å². The highest BCUT2D eigenvalue weighted by atomic mass is 28.4. The maximum atomic E-state index is 13.4. The van der Waals surface area contributed by atoms with Crippen LogP contribution in [0.15, 0.2) is 0 Å². The molecule has 0 aliphatic heterocycles. The number of hydrogen-bond acceptors (Lipinski definition) is 4. The van der Waals surface area contributed by atoms with Crippen LogP contribution in [0.2, 0.25) is 22.7 Å². The lowest BCUT2D eigenvalue weighted by atomic mass is 10.1. The fraction of sp³-hybridized carbons (Fsp3) is 0.952. The van der Waals surface area contributed by atoms with E-state index in [1.807, 2.05) is 13.8 Å². The maximum absolute atomic E-state index is 13.4. The van der Waals surface area contributed by atoms with Gasteiger partial charge < -0.3 is 13.3 Å². The van der Waals surface area contributed by atoms with Crippen molar-refractivity contribution < 1.29 is 18.1 Å². The van der Waals surface area contributed by atoms with Crippen molar-refractivity contribution in [2.45, 2.75) is 116 Å². The second-order valence-electron chi connectivity index (χ2n) is 8.06. The topological polar surface area (TPSA) is 44.8 Å². The highest BCUT2D eigenvalue weighted by molar-refractivity contribution is 6.77. The fourth-order valence-corrected chi connectivity index (χ4v) is 10.1. The molecule has 0 aromatic heterocycles. The van der Waals surface area contributed by atoms with Gasteiger partial charge in [0.1, 0.15) is 5.04 Å². The van der Waals surface area contributed by atoms with Gasteiger partial charge in [0.15, 0.2) is 0 Å². The minimum atomic E-state index is -2.18. The first-order valence-electron chi connectivity index (χ1n) is 11.0. The zero-order chi connectivity index (χ0) is 20.9. The Morgan fingerprint density at radius 2 is 1.44 bits per heavy atom. The smallest absolute Gasteiger partial charge is 0.402 e. The van der Waals surface area contributed by atoms with Crippen molar-refractivity contribution >= 4 is 23.6 Å². The predicted octanol–water partition coefficient (Wildman–Crippen LogP) is 6.61. The molecule has 0 aromatic rings. The summed E-state index contributed by atoms with van der Waals surface area (Å²) in [7, 11) is -0.614. The van der Waals surface area contributed by atoms with E-state index < -0.39 is 22.6 Å². The molecule has 0 spiro atoms. The van der Waals surface area contributed by atoms with Crippen LogP contribution in [0.5, 0.6) is 0 Å². The second-order valence-corrected chi connectivity index (χ2v) is 14.9. The van der Waals surface area contributed by atoms with E-state index in [1.54, 1.807) is 14.2 Å². The molecule has 1 radical (unpaired) electrons. The highest BCUT2D eigenvalue weighted by Gasteiger charge is 2.51. The Balaban J connectivity index is 5.69. The van der Waals surface area contributed by atoms with Crippen LogP contribution in [0.25, 0.3) is 0 Å². The zero-order valence-corrected chi connectivity index (χ0v) is 21.3. The molecule has 0 heterocycles. The molecular weight excluding hydrogens is 372 g/mol. The quantitative estimate of drug-likeness (QED) is 0.209. The number of unbranched alkanes of at least 4 members (excludes halogenated alkanes) is 4. The molecule has 161 valence electrons. The van der Waals surface area contributed by atoms with Crippen molar-refractivity contribution in [1.82, 2.24) is 0 Å². The van der Waals surface area contributed by atoms with Gasteiger partial charge in [0.05, 0.1) is 0 Å². The normalized spacial score (nSPS) is 15.6. The molecule has 0 fully saturated rings. The Hall–Kier alpha value is -0.176. The average Bonchev–Trinajstić information content (AvgIpc) is 2.67. The molecule has 27 heavy (non-hydrogen) atoms. The summed E-state index contributed by atoms with van der Waals surface area (Å²) < 4.78 is 17.7. The highest BCUT2D eigenvalue weighted by Crippen LogP contribution is 2.42. The molecule has 4 nitrogen and oxygen atoms in total. The summed E-state index contributed by atoms with van der Waals surface area (Å²) in [6.45, 7) is 13.0. The molecule has 2 atom stereocenters. The van der Waals surface area contributed by atoms with E-state index in [4.69, 9.17) is 13.3 Å². The van der Waals surface area contributed by atoms with E-state index in [2.05, 4.69) is 27.7 Å². The summed E-state index contributed by atoms with van der Waals surface area (Å²) >= 11 is 0. The van der Waals surface area contributed by atoms with Crippen LogP contribution < -0.4 is 0 Å². The number of rotatable bonds is 16. The number of hydrogen-bond donors (Lipinski definition) is 0. The van der Waals surface area contributed by atoms with Crippen LogP contribution in [-0.2, 0) is 18.1 Å². The van der Waals surface area contributed by atoms with E-state index in [-0.39, 0.29) is 5.97 Å². The molecule has 0 aliphatic carbocycles. The van der Waals surface area contributed by atoms with Crippen molar-refractivity contribution in [3.63, 3.8) is 0 Å². The Morgan fingerprint density at radius 1 is 0.963 bits per heavy atom. The van der Waals surface area contributed by atoms with E-state index in [0.29, 0.717) is 12.0 Å². The maximum Gasteiger partial charge on any atom is 0.402 e. The molecule has 0 saturated heterocycles. The third-order valence-electron chi connectivity index (χ3n) is 6.19. The van der Waals surface area contributed by atoms with Gasteiger partial charge >= 0.3 is 9.28 Å². The third kappa shape index (κ3) is 7.63. The SMILES string of the molecule is CCCCC[Si](CCCCC)(OC(=O)C(C)(CC)[Si](OC)OC)C(C)CC. The molecule has 0 rings (SSSR count). The molecule has 0 N–H and O–H groups in total. The molecule has 0 aromatic carbocycles. The van der Waals surface area contributed by atoms with Crippen LogP contribution >= 0.6 is 0 Å². The molecule has 0 bridgehead atoms. The fourth-order valence-electron chi connectivity index (χ4n) is 3.74. The van der Waals surface area contributed by atoms with Gasteiger partial charge in [0.2, 0.25) is 0 Å². The second kappa shape index (κ2) is 13.9. The summed E-state index contributed by atoms with van der Waals surface area (Å²) in [4.78, 5) is 13.4. The van der Waals surface area contributed by atoms with Gasteiger partial charge in [-0.1, -0.05) is 79.6 Å². The van der Waals surface area contributed by atoms with Crippen LogP contribution in [-0.4, -0.2) is 37.8 Å². The van der Waals surface area contributed by atoms with Gasteiger partial charge in [-0.05, 0) is 31.0 Å². The zero-order valence-electron chi connectivity index (χ0n) is 19.3. The van der Waals surface area contributed by atoms with Crippen LogP contribution in [0.1, 0.15) is 92.9 Å². The van der Waals surface area contributed by atoms with Crippen LogP contribution in [0, 0.1) is 0 Å². The lowest BCUT2D eigenvalue weighted by Crippen LogP contribution is -2.50. The van der Waals surface area contributed by atoms with Crippen LogP contribution in [0.4, 0.5) is 0 Å². The monoisotopic (exact) mass is 417 g/mol. The Kier molecular flexibility index (Phi) is 13.8. The molecule has 2 unspecified atom stereocenters. The largest absolute Gasteiger partial charge is 0.518 e. The van der Waals surface area contributed by atoms with Gasteiger partial charge in [-0.25, -0.2) is 0 Å². The minimum Gasteiger partial charge on any atom is -0.518 e. The first-order chi connectivity index (χ1) is 12.8. The van der Waals surface area contributed by atoms with Gasteiger partial charge in [-0.2, -0.15) is 0 Å². The minimum absolute atomic E-state index is 0.0810. The first kappa shape index (κ1) is 26.8. The van der Waals surface area contributed by atoms with Gasteiger partial charge in [-0.15, -0.1) is 0 Å². The Bertz CT molecular complexity index is 392. The lowest BCUT2D eigenvalue weighted by Gasteiger charge is -2.40. The third-order valence-corrected chi connectivity index (χ3v) is 13.6. The van der Waals surface area contributed by atoms with E-state index in [9.17, 15) is 4.79 Å². The summed E-state index contributed by atoms with van der Waals surface area (Å²) in [5.41, 5.74) is 0.483. The molecule has 0 amide bonds. The van der Waals surface area contributed by atoms with E-state index >= 15 is 0 Å². The number of carbonyl (C=O) groups excluding carboxylic acids is 1. The first-order valence-corrected chi connectivity index (χ1v) is 14.7. The Labute approximate surface area is 171 Å². The van der Waals surface area contributed by atoms with E-state index in [0.717, 1.165) is 18.5 Å². The van der Waals surface area contributed by atoms with Crippen molar-refractivity contribution in [3.8, 4) is 0 Å². The predicted molar refractivity (Wildman–Crippen MR) is 119 cm³/mol. The standard InChI is InChI=1S/C21H45O4Si2/c1-9-13-15-17-27(19(5)11-3,18-16-14-10-2)25-20(22)21(6,12-4)26(23-7)24-8/h19H,9-18H2,1-8H3. The molecule has 6 heteroatoms. The van der Waals surface area contributed by atoms with Crippen molar-refractivity contribution in [1.29, 1.82) is 0 Å².